The summed E-state index contributed by atoms with van der Waals surface area (Å²) in [7, 11) is 0. The Morgan fingerprint density at radius 3 is 2.79 bits per heavy atom. The van der Waals surface area contributed by atoms with Crippen molar-refractivity contribution in [2.24, 2.45) is 11.8 Å². The number of ether oxygens (including phenoxy) is 1. The second-order valence-corrected chi connectivity index (χ2v) is 4.04. The predicted octanol–water partition coefficient (Wildman–Crippen LogP) is 2.36. The fourth-order valence-electron chi connectivity index (χ4n) is 1.26. The first-order valence-electron chi connectivity index (χ1n) is 5.06. The Morgan fingerprint density at radius 1 is 1.57 bits per heavy atom. The Labute approximate surface area is 85.6 Å². The van der Waals surface area contributed by atoms with E-state index in [0.29, 0.717) is 12.5 Å². The van der Waals surface area contributed by atoms with E-state index >= 15 is 0 Å². The third kappa shape index (κ3) is 3.11. The fourth-order valence-corrected chi connectivity index (χ4v) is 1.26. The van der Waals surface area contributed by atoms with Gasteiger partial charge in [0.15, 0.2) is 5.78 Å². The van der Waals surface area contributed by atoms with E-state index in [1.165, 1.54) is 5.57 Å². The minimum atomic E-state index is 0.0748. The molecular formula is C12H18O2. The Morgan fingerprint density at radius 2 is 2.29 bits per heavy atom. The van der Waals surface area contributed by atoms with Gasteiger partial charge in [-0.15, -0.1) is 0 Å². The first-order valence-corrected chi connectivity index (χ1v) is 5.06. The topological polar surface area (TPSA) is 26.3 Å². The molecule has 1 aliphatic rings. The van der Waals surface area contributed by atoms with Crippen LogP contribution in [0.4, 0.5) is 0 Å². The van der Waals surface area contributed by atoms with Gasteiger partial charge in [-0.2, -0.15) is 0 Å². The lowest BCUT2D eigenvalue weighted by Gasteiger charge is -2.11. The normalized spacial score (nSPS) is 20.3. The van der Waals surface area contributed by atoms with Gasteiger partial charge in [0.05, 0.1) is 6.61 Å². The van der Waals surface area contributed by atoms with E-state index in [9.17, 15) is 4.79 Å². The molecule has 0 amide bonds. The number of carbonyl (C=O) groups excluding carboxylic acids is 1. The van der Waals surface area contributed by atoms with E-state index in [0.717, 1.165) is 0 Å². The van der Waals surface area contributed by atoms with Crippen LogP contribution in [0.5, 0.6) is 0 Å². The lowest BCUT2D eigenvalue weighted by atomic mass is 10.1. The van der Waals surface area contributed by atoms with Crippen molar-refractivity contribution in [1.82, 2.24) is 0 Å². The molecule has 0 aliphatic heterocycles. The zero-order valence-corrected chi connectivity index (χ0v) is 9.12. The molecule has 78 valence electrons. The highest BCUT2D eigenvalue weighted by molar-refractivity contribution is 5.81. The van der Waals surface area contributed by atoms with Gasteiger partial charge in [0, 0.05) is 11.8 Å². The number of carbonyl (C=O) groups is 1. The van der Waals surface area contributed by atoms with E-state index < -0.39 is 0 Å². The number of ketones is 1. The van der Waals surface area contributed by atoms with Crippen molar-refractivity contribution in [2.45, 2.75) is 20.8 Å². The molecule has 0 saturated carbocycles. The number of rotatable bonds is 5. The zero-order valence-electron chi connectivity index (χ0n) is 9.12. The van der Waals surface area contributed by atoms with E-state index in [1.54, 1.807) is 0 Å². The SMILES string of the molecule is CC1=CC=CC1COCC(=O)C(C)C. The summed E-state index contributed by atoms with van der Waals surface area (Å²) in [5, 5.41) is 0. The average Bonchev–Trinajstić information content (AvgIpc) is 2.51. The summed E-state index contributed by atoms with van der Waals surface area (Å²) in [6.07, 6.45) is 6.22. The second-order valence-electron chi connectivity index (χ2n) is 4.04. The monoisotopic (exact) mass is 194 g/mol. The Balaban J connectivity index is 2.19. The van der Waals surface area contributed by atoms with Gasteiger partial charge >= 0.3 is 0 Å². The first-order chi connectivity index (χ1) is 6.61. The van der Waals surface area contributed by atoms with E-state index in [2.05, 4.69) is 19.1 Å². The molecule has 0 heterocycles. The van der Waals surface area contributed by atoms with Gasteiger partial charge in [-0.3, -0.25) is 4.79 Å². The lowest BCUT2D eigenvalue weighted by Crippen LogP contribution is -2.17. The van der Waals surface area contributed by atoms with Gasteiger partial charge in [0.25, 0.3) is 0 Å². The summed E-state index contributed by atoms with van der Waals surface area (Å²) in [6.45, 7) is 6.74. The standard InChI is InChI=1S/C12H18O2/c1-9(2)12(13)8-14-7-11-6-4-5-10(11)3/h4-6,9,11H,7-8H2,1-3H3. The summed E-state index contributed by atoms with van der Waals surface area (Å²) < 4.78 is 5.37. The molecule has 0 N–H and O–H groups in total. The van der Waals surface area contributed by atoms with Crippen molar-refractivity contribution in [3.63, 3.8) is 0 Å². The van der Waals surface area contributed by atoms with Crippen LogP contribution in [0.1, 0.15) is 20.8 Å². The molecule has 2 nitrogen and oxygen atoms in total. The smallest absolute Gasteiger partial charge is 0.160 e. The quantitative estimate of drug-likeness (QED) is 0.671. The molecule has 0 bridgehead atoms. The highest BCUT2D eigenvalue weighted by Crippen LogP contribution is 2.18. The van der Waals surface area contributed by atoms with Crippen LogP contribution in [0.15, 0.2) is 23.8 Å². The van der Waals surface area contributed by atoms with Crippen molar-refractivity contribution in [3.05, 3.63) is 23.8 Å². The Hall–Kier alpha value is -0.890. The third-order valence-corrected chi connectivity index (χ3v) is 2.47. The average molecular weight is 194 g/mol. The van der Waals surface area contributed by atoms with E-state index in [-0.39, 0.29) is 18.3 Å². The van der Waals surface area contributed by atoms with E-state index in [1.807, 2.05) is 19.9 Å². The highest BCUT2D eigenvalue weighted by Gasteiger charge is 2.12. The molecule has 0 spiro atoms. The van der Waals surface area contributed by atoms with Gasteiger partial charge in [-0.1, -0.05) is 37.6 Å². The molecule has 1 unspecified atom stereocenters. The number of hydrogen-bond acceptors (Lipinski definition) is 2. The van der Waals surface area contributed by atoms with E-state index in [4.69, 9.17) is 4.74 Å². The summed E-state index contributed by atoms with van der Waals surface area (Å²) in [5.74, 6) is 0.620. The largest absolute Gasteiger partial charge is 0.373 e. The summed E-state index contributed by atoms with van der Waals surface area (Å²) in [5.41, 5.74) is 1.31. The van der Waals surface area contributed by atoms with Crippen molar-refractivity contribution < 1.29 is 9.53 Å². The fraction of sp³-hybridized carbons (Fsp3) is 0.583. The van der Waals surface area contributed by atoms with Crippen LogP contribution in [-0.2, 0) is 9.53 Å². The molecule has 0 radical (unpaired) electrons. The van der Waals surface area contributed by atoms with Crippen LogP contribution in [0, 0.1) is 11.8 Å². The molecule has 0 aromatic heterocycles. The number of hydrogen-bond donors (Lipinski definition) is 0. The zero-order chi connectivity index (χ0) is 10.6. The number of allylic oxidation sites excluding steroid dienone is 2. The van der Waals surface area contributed by atoms with Crippen molar-refractivity contribution in [1.29, 1.82) is 0 Å². The second kappa shape index (κ2) is 5.11. The molecule has 1 rings (SSSR count). The van der Waals surface area contributed by atoms with Crippen LogP contribution in [0.3, 0.4) is 0 Å². The molecule has 14 heavy (non-hydrogen) atoms. The molecule has 0 aromatic rings. The first kappa shape index (κ1) is 11.2. The van der Waals surface area contributed by atoms with Gasteiger partial charge in [0.1, 0.15) is 6.61 Å². The third-order valence-electron chi connectivity index (χ3n) is 2.47. The molecule has 0 aromatic carbocycles. The van der Waals surface area contributed by atoms with Gasteiger partial charge in [-0.25, -0.2) is 0 Å². The van der Waals surface area contributed by atoms with Crippen molar-refractivity contribution in [2.75, 3.05) is 13.2 Å². The van der Waals surface area contributed by atoms with Gasteiger partial charge in [0.2, 0.25) is 0 Å². The number of Topliss-reactive ketones (excluding diaryl/α,β-unsaturated/α-hetero) is 1. The minimum absolute atomic E-state index is 0.0748. The molecular weight excluding hydrogens is 176 g/mol. The summed E-state index contributed by atoms with van der Waals surface area (Å²) in [4.78, 5) is 11.2. The van der Waals surface area contributed by atoms with Crippen LogP contribution in [0.2, 0.25) is 0 Å². The summed E-state index contributed by atoms with van der Waals surface area (Å²) in [6, 6.07) is 0. The maximum atomic E-state index is 11.2. The predicted molar refractivity (Wildman–Crippen MR) is 57.1 cm³/mol. The van der Waals surface area contributed by atoms with Crippen LogP contribution >= 0.6 is 0 Å². The Bertz CT molecular complexity index is 261. The van der Waals surface area contributed by atoms with Crippen molar-refractivity contribution >= 4 is 5.78 Å². The maximum Gasteiger partial charge on any atom is 0.160 e. The minimum Gasteiger partial charge on any atom is -0.373 e. The molecule has 0 fully saturated rings. The Kier molecular flexibility index (Phi) is 4.08. The van der Waals surface area contributed by atoms with Crippen LogP contribution in [-0.4, -0.2) is 19.0 Å². The highest BCUT2D eigenvalue weighted by atomic mass is 16.5. The van der Waals surface area contributed by atoms with Crippen molar-refractivity contribution in [3.8, 4) is 0 Å². The lowest BCUT2D eigenvalue weighted by molar-refractivity contribution is -0.126. The molecule has 1 aliphatic carbocycles. The molecule has 2 heteroatoms. The van der Waals surface area contributed by atoms with Gasteiger partial charge in [-0.05, 0) is 6.92 Å². The van der Waals surface area contributed by atoms with Crippen LogP contribution in [0.25, 0.3) is 0 Å². The summed E-state index contributed by atoms with van der Waals surface area (Å²) >= 11 is 0. The van der Waals surface area contributed by atoms with Gasteiger partial charge < -0.3 is 4.74 Å². The maximum absolute atomic E-state index is 11.2. The molecule has 1 atom stereocenters. The molecule has 0 saturated heterocycles. The van der Waals surface area contributed by atoms with Crippen LogP contribution < -0.4 is 0 Å².